The van der Waals surface area contributed by atoms with Crippen LogP contribution in [0.5, 0.6) is 11.5 Å². The normalized spacial score (nSPS) is 18.2. The molecule has 29 heavy (non-hydrogen) atoms. The molecule has 1 aliphatic carbocycles. The first-order chi connectivity index (χ1) is 13.9. The number of nitrogens with zero attached hydrogens (tertiary/aromatic N) is 1. The van der Waals surface area contributed by atoms with E-state index in [4.69, 9.17) is 5.73 Å². The van der Waals surface area contributed by atoms with Crippen LogP contribution < -0.4 is 5.73 Å². The van der Waals surface area contributed by atoms with Crippen LogP contribution >= 0.6 is 11.3 Å². The molecular formula is C21H16N2O5S. The molecule has 0 spiro atoms. The van der Waals surface area contributed by atoms with Gasteiger partial charge in [0.05, 0.1) is 27.1 Å². The molecule has 1 aliphatic heterocycles. The van der Waals surface area contributed by atoms with Crippen LogP contribution in [-0.2, 0) is 0 Å². The molecule has 7 nitrogen and oxygen atoms in total. The standard InChI is InChI=1S/C21H16N2O5S/c22-9-5-6-23(7-9)21(28)12-8-29-20-13(12)18(26)14-15(19(20)27)17(25)11-4-2-1-3-10(11)16(14)24/h1-4,8-9,24-25H,5-7,22H2/t9-/m0/s1. The van der Waals surface area contributed by atoms with Gasteiger partial charge in [-0.1, -0.05) is 24.3 Å². The van der Waals surface area contributed by atoms with E-state index < -0.39 is 11.6 Å². The molecule has 0 radical (unpaired) electrons. The minimum absolute atomic E-state index is 0.0112. The summed E-state index contributed by atoms with van der Waals surface area (Å²) in [6.07, 6.45) is 0.675. The maximum atomic E-state index is 13.3. The molecule has 0 unspecified atom stereocenters. The van der Waals surface area contributed by atoms with Crippen molar-refractivity contribution in [3.05, 3.63) is 56.8 Å². The molecule has 146 valence electrons. The van der Waals surface area contributed by atoms with Gasteiger partial charge in [0.2, 0.25) is 5.78 Å². The van der Waals surface area contributed by atoms with Crippen LogP contribution in [0.25, 0.3) is 10.8 Å². The van der Waals surface area contributed by atoms with Gasteiger partial charge >= 0.3 is 0 Å². The Hall–Kier alpha value is -3.23. The Bertz CT molecular complexity index is 1250. The van der Waals surface area contributed by atoms with Gasteiger partial charge in [-0.2, -0.15) is 0 Å². The van der Waals surface area contributed by atoms with Gasteiger partial charge in [0.25, 0.3) is 5.91 Å². The molecule has 1 atom stereocenters. The summed E-state index contributed by atoms with van der Waals surface area (Å²) in [4.78, 5) is 41.1. The molecule has 3 aromatic rings. The van der Waals surface area contributed by atoms with E-state index in [2.05, 4.69) is 0 Å². The lowest BCUT2D eigenvalue weighted by atomic mass is 9.83. The average Bonchev–Trinajstić information content (AvgIpc) is 3.35. The van der Waals surface area contributed by atoms with Crippen molar-refractivity contribution in [3.63, 3.8) is 0 Å². The van der Waals surface area contributed by atoms with E-state index in [1.165, 1.54) is 5.38 Å². The smallest absolute Gasteiger partial charge is 0.255 e. The number of ketones is 2. The number of phenolic OH excluding ortho intramolecular Hbond substituents is 2. The van der Waals surface area contributed by atoms with Crippen LogP contribution in [0.3, 0.4) is 0 Å². The Morgan fingerprint density at radius 3 is 2.24 bits per heavy atom. The topological polar surface area (TPSA) is 121 Å². The first-order valence-electron chi connectivity index (χ1n) is 9.12. The molecule has 1 saturated heterocycles. The van der Waals surface area contributed by atoms with Crippen molar-refractivity contribution in [1.82, 2.24) is 4.90 Å². The van der Waals surface area contributed by atoms with Crippen LogP contribution in [0, 0.1) is 0 Å². The largest absolute Gasteiger partial charge is 0.506 e. The molecule has 8 heteroatoms. The third kappa shape index (κ3) is 2.36. The summed E-state index contributed by atoms with van der Waals surface area (Å²) in [7, 11) is 0. The first-order valence-corrected chi connectivity index (χ1v) is 10.0. The van der Waals surface area contributed by atoms with E-state index in [1.54, 1.807) is 29.2 Å². The highest BCUT2D eigenvalue weighted by atomic mass is 32.1. The fourth-order valence-corrected chi connectivity index (χ4v) is 5.12. The minimum atomic E-state index is -0.638. The monoisotopic (exact) mass is 408 g/mol. The number of likely N-dealkylation sites (tertiary alicyclic amines) is 1. The van der Waals surface area contributed by atoms with Crippen molar-refractivity contribution < 1.29 is 24.6 Å². The number of nitrogens with two attached hydrogens (primary N) is 1. The van der Waals surface area contributed by atoms with Gasteiger partial charge in [0, 0.05) is 35.3 Å². The second kappa shape index (κ2) is 6.13. The van der Waals surface area contributed by atoms with Crippen LogP contribution in [-0.4, -0.2) is 51.7 Å². The number of aromatic hydroxyl groups is 2. The number of benzene rings is 2. The molecule has 1 fully saturated rings. The quantitative estimate of drug-likeness (QED) is 0.416. The molecular weight excluding hydrogens is 392 g/mol. The Labute approximate surface area is 169 Å². The van der Waals surface area contributed by atoms with Crippen molar-refractivity contribution in [1.29, 1.82) is 0 Å². The third-order valence-electron chi connectivity index (χ3n) is 5.58. The number of phenols is 2. The van der Waals surface area contributed by atoms with Crippen LogP contribution in [0.15, 0.2) is 29.6 Å². The Morgan fingerprint density at radius 2 is 1.66 bits per heavy atom. The number of carbonyl (C=O) groups is 3. The van der Waals surface area contributed by atoms with Gasteiger partial charge in [-0.25, -0.2) is 0 Å². The predicted molar refractivity (Wildman–Crippen MR) is 107 cm³/mol. The van der Waals surface area contributed by atoms with E-state index in [9.17, 15) is 24.6 Å². The number of hydrogen-bond donors (Lipinski definition) is 3. The minimum Gasteiger partial charge on any atom is -0.506 e. The van der Waals surface area contributed by atoms with Crippen molar-refractivity contribution in [3.8, 4) is 11.5 Å². The predicted octanol–water partition coefficient (Wildman–Crippen LogP) is 2.26. The zero-order chi connectivity index (χ0) is 20.4. The van der Waals surface area contributed by atoms with Crippen LogP contribution in [0.1, 0.15) is 47.9 Å². The van der Waals surface area contributed by atoms with Gasteiger partial charge in [0.15, 0.2) is 5.78 Å². The molecule has 5 rings (SSSR count). The lowest BCUT2D eigenvalue weighted by Gasteiger charge is -2.21. The van der Waals surface area contributed by atoms with E-state index in [1.807, 2.05) is 0 Å². The Morgan fingerprint density at radius 1 is 1.03 bits per heavy atom. The zero-order valence-corrected chi connectivity index (χ0v) is 16.0. The summed E-state index contributed by atoms with van der Waals surface area (Å²) in [6, 6.07) is 6.34. The molecule has 2 heterocycles. The Kier molecular flexibility index (Phi) is 3.77. The maximum absolute atomic E-state index is 13.3. The molecule has 4 N–H and O–H groups in total. The van der Waals surface area contributed by atoms with Crippen LogP contribution in [0.2, 0.25) is 0 Å². The number of amides is 1. The highest BCUT2D eigenvalue weighted by Gasteiger charge is 2.41. The molecule has 2 aromatic carbocycles. The highest BCUT2D eigenvalue weighted by Crippen LogP contribution is 2.46. The van der Waals surface area contributed by atoms with E-state index in [-0.39, 0.29) is 61.4 Å². The fraction of sp³-hybridized carbons (Fsp3) is 0.190. The van der Waals surface area contributed by atoms with Crippen molar-refractivity contribution in [2.75, 3.05) is 13.1 Å². The van der Waals surface area contributed by atoms with Gasteiger partial charge in [0.1, 0.15) is 11.5 Å². The second-order valence-electron chi connectivity index (χ2n) is 7.30. The van der Waals surface area contributed by atoms with Crippen molar-refractivity contribution >= 4 is 39.6 Å². The molecule has 0 saturated carbocycles. The van der Waals surface area contributed by atoms with Gasteiger partial charge < -0.3 is 20.8 Å². The summed E-state index contributed by atoms with van der Waals surface area (Å²) < 4.78 is 0. The maximum Gasteiger partial charge on any atom is 0.255 e. The summed E-state index contributed by atoms with van der Waals surface area (Å²) in [6.45, 7) is 0.874. The summed E-state index contributed by atoms with van der Waals surface area (Å²) in [5.74, 6) is -2.28. The van der Waals surface area contributed by atoms with Gasteiger partial charge in [-0.3, -0.25) is 14.4 Å². The third-order valence-corrected chi connectivity index (χ3v) is 6.56. The zero-order valence-electron chi connectivity index (χ0n) is 15.1. The molecule has 1 aromatic heterocycles. The fourth-order valence-electron chi connectivity index (χ4n) is 4.13. The number of hydrogen-bond acceptors (Lipinski definition) is 7. The average molecular weight is 408 g/mol. The van der Waals surface area contributed by atoms with E-state index in [0.29, 0.717) is 19.5 Å². The highest BCUT2D eigenvalue weighted by molar-refractivity contribution is 7.13. The molecule has 2 aliphatic rings. The van der Waals surface area contributed by atoms with Crippen molar-refractivity contribution in [2.45, 2.75) is 12.5 Å². The summed E-state index contributed by atoms with van der Waals surface area (Å²) in [5, 5.41) is 23.5. The number of thiophene rings is 1. The van der Waals surface area contributed by atoms with Crippen molar-refractivity contribution in [2.24, 2.45) is 5.73 Å². The van der Waals surface area contributed by atoms with E-state index >= 15 is 0 Å². The number of rotatable bonds is 1. The van der Waals surface area contributed by atoms with Crippen LogP contribution in [0.4, 0.5) is 0 Å². The first kappa shape index (κ1) is 17.8. The van der Waals surface area contributed by atoms with Gasteiger partial charge in [-0.15, -0.1) is 11.3 Å². The number of carbonyl (C=O) groups excluding carboxylic acids is 3. The molecule has 1 amide bonds. The summed E-state index contributed by atoms with van der Waals surface area (Å²) in [5.41, 5.74) is 5.53. The number of fused-ring (bicyclic) bond motifs is 3. The van der Waals surface area contributed by atoms with Gasteiger partial charge in [-0.05, 0) is 6.42 Å². The molecule has 0 bridgehead atoms. The Balaban J connectivity index is 1.71. The lowest BCUT2D eigenvalue weighted by Crippen LogP contribution is -2.33. The summed E-state index contributed by atoms with van der Waals surface area (Å²) >= 11 is 0.993. The second-order valence-corrected chi connectivity index (χ2v) is 8.18. The van der Waals surface area contributed by atoms with E-state index in [0.717, 1.165) is 11.3 Å². The SMILES string of the molecule is N[C@H]1CCN(C(=O)c2csc3c2C(=O)c2c(c(O)c4ccccc4c2O)C3=O)C1. The lowest BCUT2D eigenvalue weighted by molar-refractivity contribution is 0.0786.